The van der Waals surface area contributed by atoms with E-state index >= 15 is 0 Å². The van der Waals surface area contributed by atoms with Gasteiger partial charge in [-0.25, -0.2) is 4.98 Å². The van der Waals surface area contributed by atoms with Crippen LogP contribution in [0.1, 0.15) is 16.8 Å². The number of aromatic nitrogens is 1. The number of nitrogens with zero attached hydrogens (tertiary/aromatic N) is 1. The van der Waals surface area contributed by atoms with E-state index in [1.807, 2.05) is 60.0 Å². The van der Waals surface area contributed by atoms with Gasteiger partial charge in [-0.2, -0.15) is 0 Å². The molecule has 1 aromatic heterocycles. The maximum Gasteiger partial charge on any atom is 0.307 e. The second-order valence-electron chi connectivity index (χ2n) is 5.75. The summed E-state index contributed by atoms with van der Waals surface area (Å²) in [5.41, 5.74) is 3.47. The number of carbonyl (C=O) groups is 1. The van der Waals surface area contributed by atoms with Crippen molar-refractivity contribution in [1.29, 1.82) is 0 Å². The first kappa shape index (κ1) is 16.4. The molecular formula is C20H15NO4S. The van der Waals surface area contributed by atoms with Gasteiger partial charge in [0.05, 0.1) is 12.1 Å². The second kappa shape index (κ2) is 7.01. The molecule has 3 aromatic rings. The van der Waals surface area contributed by atoms with Crippen LogP contribution in [0.2, 0.25) is 0 Å². The van der Waals surface area contributed by atoms with E-state index in [2.05, 4.69) is 4.98 Å². The van der Waals surface area contributed by atoms with Crippen LogP contribution in [0, 0.1) is 0 Å². The van der Waals surface area contributed by atoms with Crippen molar-refractivity contribution in [1.82, 2.24) is 4.98 Å². The summed E-state index contributed by atoms with van der Waals surface area (Å²) in [6.45, 7) is 0.250. The summed E-state index contributed by atoms with van der Waals surface area (Å²) >= 11 is 1.55. The predicted octanol–water partition coefficient (Wildman–Crippen LogP) is 4.34. The van der Waals surface area contributed by atoms with Gasteiger partial charge in [0.15, 0.2) is 11.5 Å². The Hall–Kier alpha value is -3.12. The maximum absolute atomic E-state index is 11.0. The molecule has 0 spiro atoms. The van der Waals surface area contributed by atoms with E-state index < -0.39 is 5.97 Å². The Morgan fingerprint density at radius 3 is 2.88 bits per heavy atom. The van der Waals surface area contributed by atoms with E-state index in [1.54, 1.807) is 11.3 Å². The fraction of sp³-hybridized carbons (Fsp3) is 0.100. The summed E-state index contributed by atoms with van der Waals surface area (Å²) in [7, 11) is 0. The largest absolute Gasteiger partial charge is 0.481 e. The van der Waals surface area contributed by atoms with Crippen molar-refractivity contribution < 1.29 is 19.4 Å². The van der Waals surface area contributed by atoms with Crippen LogP contribution in [0.3, 0.4) is 0 Å². The standard InChI is InChI=1S/C20H15NO4S/c22-19(23)10-14-4-2-1-3-13(14)5-7-16-11-26-20(21-16)15-6-8-17-18(9-15)25-12-24-17/h1-9,11H,10,12H2,(H,22,23). The molecule has 4 rings (SSSR count). The number of thiazole rings is 1. The molecule has 0 saturated carbocycles. The lowest BCUT2D eigenvalue weighted by atomic mass is 10.0. The summed E-state index contributed by atoms with van der Waals surface area (Å²) in [5, 5.41) is 11.9. The van der Waals surface area contributed by atoms with E-state index in [0.717, 1.165) is 38.9 Å². The summed E-state index contributed by atoms with van der Waals surface area (Å²) in [6.07, 6.45) is 3.80. The molecule has 2 heterocycles. The van der Waals surface area contributed by atoms with Crippen LogP contribution in [0.15, 0.2) is 47.8 Å². The second-order valence-corrected chi connectivity index (χ2v) is 6.61. The van der Waals surface area contributed by atoms with Gasteiger partial charge in [0, 0.05) is 10.9 Å². The van der Waals surface area contributed by atoms with Gasteiger partial charge in [0.2, 0.25) is 6.79 Å². The molecule has 0 fully saturated rings. The topological polar surface area (TPSA) is 68.7 Å². The quantitative estimate of drug-likeness (QED) is 0.728. The highest BCUT2D eigenvalue weighted by Gasteiger charge is 2.15. The van der Waals surface area contributed by atoms with E-state index in [9.17, 15) is 4.79 Å². The third-order valence-electron chi connectivity index (χ3n) is 3.97. The van der Waals surface area contributed by atoms with Crippen LogP contribution in [0.4, 0.5) is 0 Å². The zero-order valence-corrected chi connectivity index (χ0v) is 14.5. The first-order valence-corrected chi connectivity index (χ1v) is 8.90. The number of benzene rings is 2. The number of hydrogen-bond donors (Lipinski definition) is 1. The predicted molar refractivity (Wildman–Crippen MR) is 100 cm³/mol. The van der Waals surface area contributed by atoms with Crippen molar-refractivity contribution in [2.45, 2.75) is 6.42 Å². The first-order valence-electron chi connectivity index (χ1n) is 8.02. The number of ether oxygens (including phenoxy) is 2. The minimum absolute atomic E-state index is 0.0000252. The summed E-state index contributed by atoms with van der Waals surface area (Å²) in [4.78, 5) is 15.6. The van der Waals surface area contributed by atoms with Crippen LogP contribution in [-0.4, -0.2) is 22.9 Å². The van der Waals surface area contributed by atoms with Crippen molar-refractivity contribution in [3.05, 3.63) is 64.7 Å². The average molecular weight is 365 g/mol. The minimum atomic E-state index is -0.843. The van der Waals surface area contributed by atoms with Crippen molar-refractivity contribution in [2.24, 2.45) is 0 Å². The van der Waals surface area contributed by atoms with Crippen LogP contribution < -0.4 is 9.47 Å². The molecule has 0 bridgehead atoms. The van der Waals surface area contributed by atoms with E-state index in [4.69, 9.17) is 14.6 Å². The third-order valence-corrected chi connectivity index (χ3v) is 4.88. The molecule has 0 unspecified atom stereocenters. The fourth-order valence-corrected chi connectivity index (χ4v) is 3.51. The number of fused-ring (bicyclic) bond motifs is 1. The Labute approximate surface area is 154 Å². The Morgan fingerprint density at radius 2 is 2.00 bits per heavy atom. The van der Waals surface area contributed by atoms with Crippen molar-refractivity contribution in [3.63, 3.8) is 0 Å². The van der Waals surface area contributed by atoms with Crippen LogP contribution >= 0.6 is 11.3 Å². The Morgan fingerprint density at radius 1 is 1.15 bits per heavy atom. The molecule has 0 atom stereocenters. The van der Waals surface area contributed by atoms with E-state index in [1.165, 1.54) is 0 Å². The van der Waals surface area contributed by atoms with Crippen molar-refractivity contribution in [3.8, 4) is 22.1 Å². The number of carboxylic acid groups (broad SMARTS) is 1. The molecule has 2 aromatic carbocycles. The van der Waals surface area contributed by atoms with Gasteiger partial charge in [-0.05, 0) is 35.4 Å². The first-order chi connectivity index (χ1) is 12.7. The van der Waals surface area contributed by atoms with Gasteiger partial charge in [0.25, 0.3) is 0 Å². The molecule has 0 aliphatic carbocycles. The fourth-order valence-electron chi connectivity index (χ4n) is 2.72. The van der Waals surface area contributed by atoms with Crippen molar-refractivity contribution in [2.75, 3.05) is 6.79 Å². The Balaban J connectivity index is 1.56. The van der Waals surface area contributed by atoms with Gasteiger partial charge < -0.3 is 14.6 Å². The number of rotatable bonds is 5. The smallest absolute Gasteiger partial charge is 0.307 e. The van der Waals surface area contributed by atoms with Crippen LogP contribution in [0.5, 0.6) is 11.5 Å². The highest BCUT2D eigenvalue weighted by molar-refractivity contribution is 7.13. The van der Waals surface area contributed by atoms with Gasteiger partial charge in [0.1, 0.15) is 5.01 Å². The summed E-state index contributed by atoms with van der Waals surface area (Å²) < 4.78 is 10.7. The van der Waals surface area contributed by atoms with Gasteiger partial charge in [-0.3, -0.25) is 4.79 Å². The zero-order chi connectivity index (χ0) is 17.9. The molecule has 26 heavy (non-hydrogen) atoms. The molecule has 1 N–H and O–H groups in total. The minimum Gasteiger partial charge on any atom is -0.481 e. The lowest BCUT2D eigenvalue weighted by Gasteiger charge is -2.02. The maximum atomic E-state index is 11.0. The normalized spacial score (nSPS) is 12.6. The lowest BCUT2D eigenvalue weighted by Crippen LogP contribution is -2.01. The molecule has 1 aliphatic heterocycles. The lowest BCUT2D eigenvalue weighted by molar-refractivity contribution is -0.136. The third kappa shape index (κ3) is 3.45. The molecule has 0 saturated heterocycles. The average Bonchev–Trinajstić information content (AvgIpc) is 3.29. The number of hydrogen-bond acceptors (Lipinski definition) is 5. The number of aliphatic carboxylic acids is 1. The zero-order valence-electron chi connectivity index (χ0n) is 13.7. The molecule has 5 nitrogen and oxygen atoms in total. The summed E-state index contributed by atoms with van der Waals surface area (Å²) in [6, 6.07) is 13.2. The highest BCUT2D eigenvalue weighted by atomic mass is 32.1. The van der Waals surface area contributed by atoms with Crippen molar-refractivity contribution >= 4 is 29.5 Å². The number of carboxylic acids is 1. The molecule has 0 radical (unpaired) electrons. The molecule has 0 amide bonds. The summed E-state index contributed by atoms with van der Waals surface area (Å²) in [5.74, 6) is 0.641. The van der Waals surface area contributed by atoms with Crippen LogP contribution in [0.25, 0.3) is 22.7 Å². The molecular weight excluding hydrogens is 350 g/mol. The monoisotopic (exact) mass is 365 g/mol. The van der Waals surface area contributed by atoms with Crippen LogP contribution in [-0.2, 0) is 11.2 Å². The highest BCUT2D eigenvalue weighted by Crippen LogP contribution is 2.36. The SMILES string of the molecule is O=C(O)Cc1ccccc1C=Cc1csc(-c2ccc3c(c2)OCO3)n1. The van der Waals surface area contributed by atoms with Gasteiger partial charge in [-0.15, -0.1) is 11.3 Å². The van der Waals surface area contributed by atoms with E-state index in [-0.39, 0.29) is 13.2 Å². The Bertz CT molecular complexity index is 993. The Kier molecular flexibility index (Phi) is 4.41. The molecule has 130 valence electrons. The van der Waals surface area contributed by atoms with E-state index in [0.29, 0.717) is 0 Å². The molecule has 1 aliphatic rings. The molecule has 6 heteroatoms. The van der Waals surface area contributed by atoms with Gasteiger partial charge in [-0.1, -0.05) is 30.3 Å². The van der Waals surface area contributed by atoms with Gasteiger partial charge >= 0.3 is 5.97 Å².